The van der Waals surface area contributed by atoms with Crippen molar-refractivity contribution in [1.29, 1.82) is 0 Å². The summed E-state index contributed by atoms with van der Waals surface area (Å²) in [5.41, 5.74) is 4.49. The molecular formula is C11H15N5O5. The molecule has 0 saturated carbocycles. The molecule has 1 aliphatic heterocycles. The summed E-state index contributed by atoms with van der Waals surface area (Å²) >= 11 is 0. The zero-order valence-corrected chi connectivity index (χ0v) is 10.9. The molecule has 3 rings (SSSR count). The first-order valence-corrected chi connectivity index (χ1v) is 6.24. The number of hydrogen-bond donors (Lipinski definition) is 5. The highest BCUT2D eigenvalue weighted by molar-refractivity contribution is 5.81. The van der Waals surface area contributed by atoms with Crippen molar-refractivity contribution in [2.75, 3.05) is 18.9 Å². The lowest BCUT2D eigenvalue weighted by Crippen LogP contribution is -2.63. The molecule has 3 heterocycles. The van der Waals surface area contributed by atoms with Crippen molar-refractivity contribution in [3.8, 4) is 0 Å². The fraction of sp³-hybridized carbons (Fsp3) is 0.545. The number of hydrogen-bond acceptors (Lipinski definition) is 9. The standard InChI is InChI=1S/C11H15N5O5/c12-9-6-10(14-3-13-9)16(4-15-6)11(2-17)8(20)7(19)5(18)1-21-11/h3-5,7-8,17-20H,1-2H2,(H2,12,13,14)/t5-,7-,8-,11-/m1/s1. The number of nitrogens with zero attached hydrogens (tertiary/aromatic N) is 4. The third kappa shape index (κ3) is 1.88. The van der Waals surface area contributed by atoms with Crippen LogP contribution in [-0.4, -0.2) is 71.5 Å². The van der Waals surface area contributed by atoms with E-state index in [4.69, 9.17) is 10.5 Å². The zero-order valence-electron chi connectivity index (χ0n) is 10.9. The monoisotopic (exact) mass is 297 g/mol. The minimum Gasteiger partial charge on any atom is -0.391 e. The Morgan fingerprint density at radius 2 is 2.10 bits per heavy atom. The van der Waals surface area contributed by atoms with E-state index in [-0.39, 0.29) is 23.6 Å². The van der Waals surface area contributed by atoms with Gasteiger partial charge in [-0.3, -0.25) is 4.57 Å². The van der Waals surface area contributed by atoms with Crippen molar-refractivity contribution in [2.24, 2.45) is 0 Å². The molecule has 2 aromatic rings. The SMILES string of the molecule is Nc1ncnc2c1ncn2[C@]1(CO)OC[C@@H](O)[C@@H](O)[C@H]1O. The third-order valence-corrected chi connectivity index (χ3v) is 3.68. The molecular weight excluding hydrogens is 282 g/mol. The number of aliphatic hydroxyl groups is 4. The summed E-state index contributed by atoms with van der Waals surface area (Å²) in [5.74, 6) is 0.137. The van der Waals surface area contributed by atoms with E-state index in [1.54, 1.807) is 0 Å². The van der Waals surface area contributed by atoms with Crippen molar-refractivity contribution >= 4 is 17.0 Å². The Kier molecular flexibility index (Phi) is 3.26. The highest BCUT2D eigenvalue weighted by Gasteiger charge is 2.51. The van der Waals surface area contributed by atoms with Crippen molar-refractivity contribution in [2.45, 2.75) is 24.0 Å². The van der Waals surface area contributed by atoms with Crippen molar-refractivity contribution in [3.05, 3.63) is 12.7 Å². The van der Waals surface area contributed by atoms with E-state index in [9.17, 15) is 20.4 Å². The number of aliphatic hydroxyl groups excluding tert-OH is 4. The minimum atomic E-state index is -1.71. The van der Waals surface area contributed by atoms with Gasteiger partial charge < -0.3 is 30.9 Å². The zero-order chi connectivity index (χ0) is 15.2. The molecule has 4 atom stereocenters. The predicted octanol–water partition coefficient (Wildman–Crippen LogP) is -2.83. The Hall–Kier alpha value is -1.85. The molecule has 0 spiro atoms. The maximum absolute atomic E-state index is 10.2. The Morgan fingerprint density at radius 1 is 1.33 bits per heavy atom. The first kappa shape index (κ1) is 14.1. The molecule has 1 saturated heterocycles. The molecule has 1 aliphatic rings. The number of nitrogens with two attached hydrogens (primary N) is 1. The Morgan fingerprint density at radius 3 is 2.81 bits per heavy atom. The van der Waals surface area contributed by atoms with Gasteiger partial charge in [-0.15, -0.1) is 0 Å². The average Bonchev–Trinajstić information content (AvgIpc) is 2.92. The number of rotatable bonds is 2. The molecule has 0 aromatic carbocycles. The van der Waals surface area contributed by atoms with Gasteiger partial charge in [0.2, 0.25) is 0 Å². The summed E-state index contributed by atoms with van der Waals surface area (Å²) in [6, 6.07) is 0. The maximum Gasteiger partial charge on any atom is 0.199 e. The molecule has 0 radical (unpaired) electrons. The number of fused-ring (bicyclic) bond motifs is 1. The number of imidazole rings is 1. The Bertz CT molecular complexity index is 663. The number of anilines is 1. The van der Waals surface area contributed by atoms with E-state index < -0.39 is 30.6 Å². The van der Waals surface area contributed by atoms with Crippen LogP contribution in [0.5, 0.6) is 0 Å². The van der Waals surface area contributed by atoms with E-state index in [0.717, 1.165) is 0 Å². The average molecular weight is 297 g/mol. The number of nitrogen functional groups attached to an aromatic ring is 1. The summed E-state index contributed by atoms with van der Waals surface area (Å²) in [6.07, 6.45) is -1.84. The predicted molar refractivity (Wildman–Crippen MR) is 68.8 cm³/mol. The van der Waals surface area contributed by atoms with Crippen LogP contribution in [0, 0.1) is 0 Å². The summed E-state index contributed by atoms with van der Waals surface area (Å²) in [6.45, 7) is -0.924. The maximum atomic E-state index is 10.2. The minimum absolute atomic E-state index is 0.137. The van der Waals surface area contributed by atoms with E-state index >= 15 is 0 Å². The van der Waals surface area contributed by atoms with E-state index in [0.29, 0.717) is 0 Å². The molecule has 0 aliphatic carbocycles. The molecule has 10 nitrogen and oxygen atoms in total. The lowest BCUT2D eigenvalue weighted by atomic mass is 9.94. The lowest BCUT2D eigenvalue weighted by molar-refractivity contribution is -0.282. The fourth-order valence-electron chi connectivity index (χ4n) is 2.45. The molecule has 2 aromatic heterocycles. The largest absolute Gasteiger partial charge is 0.391 e. The van der Waals surface area contributed by atoms with Gasteiger partial charge in [0.15, 0.2) is 17.2 Å². The number of aromatic nitrogens is 4. The van der Waals surface area contributed by atoms with Crippen LogP contribution in [0.3, 0.4) is 0 Å². The first-order valence-electron chi connectivity index (χ1n) is 6.24. The molecule has 10 heteroatoms. The van der Waals surface area contributed by atoms with Crippen LogP contribution in [0.15, 0.2) is 12.7 Å². The van der Waals surface area contributed by atoms with Gasteiger partial charge >= 0.3 is 0 Å². The molecule has 1 fully saturated rings. The number of ether oxygens (including phenoxy) is 1. The van der Waals surface area contributed by atoms with Crippen LogP contribution in [0.25, 0.3) is 11.2 Å². The van der Waals surface area contributed by atoms with Gasteiger partial charge in [-0.1, -0.05) is 0 Å². The molecule has 114 valence electrons. The van der Waals surface area contributed by atoms with Gasteiger partial charge in [0.1, 0.15) is 30.2 Å². The van der Waals surface area contributed by atoms with Gasteiger partial charge in [-0.05, 0) is 0 Å². The summed E-state index contributed by atoms with van der Waals surface area (Å²) in [4.78, 5) is 11.8. The van der Waals surface area contributed by atoms with Crippen LogP contribution >= 0.6 is 0 Å². The second-order valence-corrected chi connectivity index (χ2v) is 4.86. The van der Waals surface area contributed by atoms with Crippen LogP contribution < -0.4 is 5.73 Å². The normalized spacial score (nSPS) is 33.4. The second-order valence-electron chi connectivity index (χ2n) is 4.86. The molecule has 0 amide bonds. The van der Waals surface area contributed by atoms with Crippen molar-refractivity contribution in [3.63, 3.8) is 0 Å². The van der Waals surface area contributed by atoms with Gasteiger partial charge in [0, 0.05) is 0 Å². The second kappa shape index (κ2) is 4.86. The van der Waals surface area contributed by atoms with Crippen LogP contribution in [-0.2, 0) is 10.5 Å². The smallest absolute Gasteiger partial charge is 0.199 e. The Balaban J connectivity index is 2.16. The van der Waals surface area contributed by atoms with E-state index in [1.165, 1.54) is 17.2 Å². The highest BCUT2D eigenvalue weighted by Crippen LogP contribution is 2.33. The lowest BCUT2D eigenvalue weighted by Gasteiger charge is -2.44. The molecule has 21 heavy (non-hydrogen) atoms. The van der Waals surface area contributed by atoms with Gasteiger partial charge in [0.05, 0.1) is 19.5 Å². The van der Waals surface area contributed by atoms with Gasteiger partial charge in [-0.25, -0.2) is 15.0 Å². The van der Waals surface area contributed by atoms with E-state index in [1.807, 2.05) is 0 Å². The first-order chi connectivity index (χ1) is 10.0. The summed E-state index contributed by atoms with van der Waals surface area (Å²) in [5, 5.41) is 39.4. The summed E-state index contributed by atoms with van der Waals surface area (Å²) < 4.78 is 6.69. The molecule has 0 bridgehead atoms. The summed E-state index contributed by atoms with van der Waals surface area (Å²) in [7, 11) is 0. The molecule has 6 N–H and O–H groups in total. The third-order valence-electron chi connectivity index (χ3n) is 3.68. The van der Waals surface area contributed by atoms with E-state index in [2.05, 4.69) is 15.0 Å². The van der Waals surface area contributed by atoms with Crippen LogP contribution in [0.2, 0.25) is 0 Å². The Labute approximate surface area is 118 Å². The van der Waals surface area contributed by atoms with Gasteiger partial charge in [-0.2, -0.15) is 0 Å². The molecule has 0 unspecified atom stereocenters. The van der Waals surface area contributed by atoms with Crippen molar-refractivity contribution in [1.82, 2.24) is 19.5 Å². The van der Waals surface area contributed by atoms with Crippen LogP contribution in [0.1, 0.15) is 0 Å². The highest BCUT2D eigenvalue weighted by atomic mass is 16.6. The van der Waals surface area contributed by atoms with Crippen LogP contribution in [0.4, 0.5) is 5.82 Å². The topological polar surface area (TPSA) is 160 Å². The van der Waals surface area contributed by atoms with Gasteiger partial charge in [0.25, 0.3) is 0 Å². The fourth-order valence-corrected chi connectivity index (χ4v) is 2.45. The quantitative estimate of drug-likeness (QED) is 0.393. The van der Waals surface area contributed by atoms with Crippen molar-refractivity contribution < 1.29 is 25.2 Å².